The van der Waals surface area contributed by atoms with Crippen LogP contribution in [0.1, 0.15) is 5.56 Å². The highest BCUT2D eigenvalue weighted by Gasteiger charge is 2.10. The Hall–Kier alpha value is -1.40. The summed E-state index contributed by atoms with van der Waals surface area (Å²) in [7, 11) is 1.51. The molecule has 7 heteroatoms. The summed E-state index contributed by atoms with van der Waals surface area (Å²) in [6, 6.07) is 4.32. The summed E-state index contributed by atoms with van der Waals surface area (Å²) in [4.78, 5) is 7.82. The Morgan fingerprint density at radius 3 is 2.95 bits per heavy atom. The highest BCUT2D eigenvalue weighted by Crippen LogP contribution is 2.23. The number of hydrogen-bond donors (Lipinski definition) is 0. The maximum atomic E-state index is 13.4. The molecule has 0 bridgehead atoms. The molecule has 100 valence electrons. The first-order valence-electron chi connectivity index (χ1n) is 5.23. The average Bonchev–Trinajstić information content (AvgIpc) is 2.40. The third kappa shape index (κ3) is 3.54. The van der Waals surface area contributed by atoms with E-state index in [2.05, 4.69) is 25.9 Å². The zero-order valence-electron chi connectivity index (χ0n) is 9.86. The molecule has 0 aliphatic heterocycles. The average molecular weight is 348 g/mol. The Kier molecular flexibility index (Phi) is 4.55. The third-order valence-electron chi connectivity index (χ3n) is 2.27. The number of nitrogens with zero attached hydrogens (tertiary/aromatic N) is 2. The van der Waals surface area contributed by atoms with Crippen LogP contribution >= 0.6 is 27.5 Å². The van der Waals surface area contributed by atoms with Crippen LogP contribution < -0.4 is 9.47 Å². The number of aromatic nitrogens is 2. The zero-order chi connectivity index (χ0) is 13.8. The van der Waals surface area contributed by atoms with Gasteiger partial charge >= 0.3 is 0 Å². The van der Waals surface area contributed by atoms with Gasteiger partial charge in [-0.3, -0.25) is 0 Å². The van der Waals surface area contributed by atoms with Crippen LogP contribution in [0, 0.1) is 5.82 Å². The standard InChI is InChI=1S/C12H9BrClFN2O2/c1-18-9-4-11(14)16-5-7(9)6-19-12-8(15)2-3-10(13)17-12/h2-5H,6H2,1H3. The van der Waals surface area contributed by atoms with Crippen LogP contribution in [0.25, 0.3) is 0 Å². The highest BCUT2D eigenvalue weighted by molar-refractivity contribution is 9.10. The van der Waals surface area contributed by atoms with Crippen LogP contribution in [0.5, 0.6) is 11.6 Å². The minimum absolute atomic E-state index is 0.0771. The number of methoxy groups -OCH3 is 1. The van der Waals surface area contributed by atoms with Crippen molar-refractivity contribution in [3.05, 3.63) is 45.5 Å². The molecular weight excluding hydrogens is 338 g/mol. The molecule has 0 spiro atoms. The lowest BCUT2D eigenvalue weighted by molar-refractivity contribution is 0.269. The molecule has 2 rings (SSSR count). The van der Waals surface area contributed by atoms with Crippen molar-refractivity contribution in [2.24, 2.45) is 0 Å². The zero-order valence-corrected chi connectivity index (χ0v) is 12.2. The molecule has 0 saturated heterocycles. The van der Waals surface area contributed by atoms with Gasteiger partial charge in [0.05, 0.1) is 7.11 Å². The summed E-state index contributed by atoms with van der Waals surface area (Å²) >= 11 is 8.90. The molecule has 0 amide bonds. The van der Waals surface area contributed by atoms with Gasteiger partial charge in [0.15, 0.2) is 5.82 Å². The Bertz CT molecular complexity index is 598. The third-order valence-corrected chi connectivity index (χ3v) is 2.92. The Labute approximate surface area is 122 Å². The summed E-state index contributed by atoms with van der Waals surface area (Å²) in [6.45, 7) is 0.0771. The van der Waals surface area contributed by atoms with E-state index in [-0.39, 0.29) is 12.5 Å². The molecule has 0 atom stereocenters. The van der Waals surface area contributed by atoms with Crippen LogP contribution in [0.4, 0.5) is 4.39 Å². The van der Waals surface area contributed by atoms with Gasteiger partial charge in [-0.15, -0.1) is 0 Å². The van der Waals surface area contributed by atoms with Gasteiger partial charge in [-0.2, -0.15) is 0 Å². The van der Waals surface area contributed by atoms with Gasteiger partial charge in [-0.25, -0.2) is 14.4 Å². The van der Waals surface area contributed by atoms with Crippen molar-refractivity contribution in [2.45, 2.75) is 6.61 Å². The van der Waals surface area contributed by atoms with Crippen molar-refractivity contribution in [1.82, 2.24) is 9.97 Å². The number of pyridine rings is 2. The number of hydrogen-bond acceptors (Lipinski definition) is 4. The van der Waals surface area contributed by atoms with E-state index < -0.39 is 5.82 Å². The molecule has 2 aromatic rings. The van der Waals surface area contributed by atoms with Crippen molar-refractivity contribution < 1.29 is 13.9 Å². The predicted octanol–water partition coefficient (Wildman–Crippen LogP) is 3.62. The number of halogens is 3. The van der Waals surface area contributed by atoms with Crippen molar-refractivity contribution >= 4 is 27.5 Å². The van der Waals surface area contributed by atoms with Gasteiger partial charge in [0.2, 0.25) is 0 Å². The molecule has 0 N–H and O–H groups in total. The van der Waals surface area contributed by atoms with E-state index in [0.29, 0.717) is 21.1 Å². The van der Waals surface area contributed by atoms with Gasteiger partial charge < -0.3 is 9.47 Å². The van der Waals surface area contributed by atoms with Crippen LogP contribution in [0.3, 0.4) is 0 Å². The second kappa shape index (κ2) is 6.16. The topological polar surface area (TPSA) is 44.2 Å². The van der Waals surface area contributed by atoms with E-state index in [1.54, 1.807) is 6.07 Å². The fraction of sp³-hybridized carbons (Fsp3) is 0.167. The maximum absolute atomic E-state index is 13.4. The second-order valence-electron chi connectivity index (χ2n) is 3.53. The first-order chi connectivity index (χ1) is 9.10. The maximum Gasteiger partial charge on any atom is 0.251 e. The summed E-state index contributed by atoms with van der Waals surface area (Å²) in [5.41, 5.74) is 0.646. The van der Waals surface area contributed by atoms with Gasteiger partial charge in [0.25, 0.3) is 5.88 Å². The van der Waals surface area contributed by atoms with E-state index >= 15 is 0 Å². The summed E-state index contributed by atoms with van der Waals surface area (Å²) < 4.78 is 24.4. The van der Waals surface area contributed by atoms with Crippen LogP contribution in [-0.4, -0.2) is 17.1 Å². The first-order valence-corrected chi connectivity index (χ1v) is 6.40. The quantitative estimate of drug-likeness (QED) is 0.792. The molecule has 0 saturated carbocycles. The van der Waals surface area contributed by atoms with Crippen molar-refractivity contribution in [2.75, 3.05) is 7.11 Å². The Morgan fingerprint density at radius 2 is 2.21 bits per heavy atom. The molecule has 4 nitrogen and oxygen atoms in total. The second-order valence-corrected chi connectivity index (χ2v) is 4.73. The minimum Gasteiger partial charge on any atom is -0.496 e. The lowest BCUT2D eigenvalue weighted by Crippen LogP contribution is -2.02. The van der Waals surface area contributed by atoms with Crippen molar-refractivity contribution in [3.8, 4) is 11.6 Å². The van der Waals surface area contributed by atoms with Gasteiger partial charge in [0, 0.05) is 17.8 Å². The van der Waals surface area contributed by atoms with Gasteiger partial charge in [-0.1, -0.05) is 11.6 Å². The molecule has 19 heavy (non-hydrogen) atoms. The highest BCUT2D eigenvalue weighted by atomic mass is 79.9. The lowest BCUT2D eigenvalue weighted by Gasteiger charge is -2.10. The predicted molar refractivity (Wildman–Crippen MR) is 72.0 cm³/mol. The summed E-state index contributed by atoms with van der Waals surface area (Å²) in [6.07, 6.45) is 1.51. The van der Waals surface area contributed by atoms with E-state index in [0.717, 1.165) is 0 Å². The largest absolute Gasteiger partial charge is 0.496 e. The minimum atomic E-state index is -0.538. The summed E-state index contributed by atoms with van der Waals surface area (Å²) in [5.74, 6) is -0.106. The molecule has 0 radical (unpaired) electrons. The van der Waals surface area contributed by atoms with Crippen LogP contribution in [0.2, 0.25) is 5.15 Å². The van der Waals surface area contributed by atoms with E-state index in [9.17, 15) is 4.39 Å². The molecule has 0 fully saturated rings. The number of ether oxygens (including phenoxy) is 2. The Morgan fingerprint density at radius 1 is 1.42 bits per heavy atom. The molecule has 0 aliphatic carbocycles. The van der Waals surface area contributed by atoms with Crippen LogP contribution in [-0.2, 0) is 6.61 Å². The smallest absolute Gasteiger partial charge is 0.251 e. The van der Waals surface area contributed by atoms with Gasteiger partial charge in [0.1, 0.15) is 22.1 Å². The van der Waals surface area contributed by atoms with Crippen molar-refractivity contribution in [1.29, 1.82) is 0 Å². The fourth-order valence-electron chi connectivity index (χ4n) is 1.39. The SMILES string of the molecule is COc1cc(Cl)ncc1COc1nc(Br)ccc1F. The molecule has 0 aromatic carbocycles. The lowest BCUT2D eigenvalue weighted by atomic mass is 10.3. The van der Waals surface area contributed by atoms with Crippen molar-refractivity contribution in [3.63, 3.8) is 0 Å². The molecular formula is C12H9BrClFN2O2. The van der Waals surface area contributed by atoms with E-state index in [1.807, 2.05) is 0 Å². The van der Waals surface area contributed by atoms with Gasteiger partial charge in [-0.05, 0) is 28.1 Å². The summed E-state index contributed by atoms with van der Waals surface area (Å²) in [5, 5.41) is 0.312. The fourth-order valence-corrected chi connectivity index (χ4v) is 1.83. The molecule has 0 aliphatic rings. The number of rotatable bonds is 4. The van der Waals surface area contributed by atoms with E-state index in [1.165, 1.54) is 25.4 Å². The monoisotopic (exact) mass is 346 g/mol. The molecule has 0 unspecified atom stereocenters. The van der Waals surface area contributed by atoms with E-state index in [4.69, 9.17) is 21.1 Å². The normalized spacial score (nSPS) is 10.3. The first kappa shape index (κ1) is 14.0. The van der Waals surface area contributed by atoms with Crippen LogP contribution in [0.15, 0.2) is 29.0 Å². The molecule has 2 aromatic heterocycles. The Balaban J connectivity index is 2.16. The molecule has 2 heterocycles.